The van der Waals surface area contributed by atoms with E-state index in [1.165, 1.54) is 18.6 Å². The summed E-state index contributed by atoms with van der Waals surface area (Å²) >= 11 is 3.15. The molecule has 0 saturated carbocycles. The first-order chi connectivity index (χ1) is 7.59. The summed E-state index contributed by atoms with van der Waals surface area (Å²) in [6.45, 7) is 0. The van der Waals surface area contributed by atoms with Crippen LogP contribution in [0.15, 0.2) is 29.1 Å². The molecule has 0 unspecified atom stereocenters. The maximum absolute atomic E-state index is 13.7. The second-order valence-electron chi connectivity index (χ2n) is 2.90. The van der Waals surface area contributed by atoms with E-state index in [-0.39, 0.29) is 5.82 Å². The minimum absolute atomic E-state index is 0.148. The number of pyridine rings is 1. The molecule has 0 amide bonds. The monoisotopic (exact) mass is 285 g/mol. The summed E-state index contributed by atoms with van der Waals surface area (Å²) in [6, 6.07) is 1.10. The number of hydrogen-bond donors (Lipinski definition) is 1. The van der Waals surface area contributed by atoms with E-state index < -0.39 is 17.3 Å². The molecular formula is C9H5BrFN3O2. The molecule has 5 nitrogen and oxygen atoms in total. The van der Waals surface area contributed by atoms with E-state index in [2.05, 4.69) is 26.0 Å². The molecule has 0 aliphatic heterocycles. The number of rotatable bonds is 2. The molecule has 2 heterocycles. The topological polar surface area (TPSA) is 68.0 Å². The zero-order valence-electron chi connectivity index (χ0n) is 7.76. The Balaban J connectivity index is 2.58. The lowest BCUT2D eigenvalue weighted by Gasteiger charge is -2.03. The second kappa shape index (κ2) is 4.01. The highest BCUT2D eigenvalue weighted by atomic mass is 79.9. The van der Waals surface area contributed by atoms with Crippen molar-refractivity contribution in [1.29, 1.82) is 0 Å². The van der Waals surface area contributed by atoms with Crippen molar-refractivity contribution in [2.24, 2.45) is 0 Å². The van der Waals surface area contributed by atoms with Crippen molar-refractivity contribution in [2.45, 2.75) is 0 Å². The summed E-state index contributed by atoms with van der Waals surface area (Å²) in [4.78, 5) is 14.5. The fourth-order valence-electron chi connectivity index (χ4n) is 1.17. The summed E-state index contributed by atoms with van der Waals surface area (Å²) in [7, 11) is 0. The zero-order chi connectivity index (χ0) is 11.7. The van der Waals surface area contributed by atoms with Gasteiger partial charge in [0.15, 0.2) is 11.6 Å². The minimum Gasteiger partial charge on any atom is -0.478 e. The first-order valence-corrected chi connectivity index (χ1v) is 4.97. The van der Waals surface area contributed by atoms with Crippen LogP contribution in [0, 0.1) is 5.82 Å². The van der Waals surface area contributed by atoms with Crippen LogP contribution in [-0.2, 0) is 0 Å². The van der Waals surface area contributed by atoms with Gasteiger partial charge in [0.1, 0.15) is 5.56 Å². The summed E-state index contributed by atoms with van der Waals surface area (Å²) in [6.07, 6.45) is 4.16. The van der Waals surface area contributed by atoms with E-state index >= 15 is 0 Å². The number of hydrogen-bond acceptors (Lipinski definition) is 3. The summed E-state index contributed by atoms with van der Waals surface area (Å²) in [5, 5.41) is 12.6. The Morgan fingerprint density at radius 2 is 2.31 bits per heavy atom. The maximum atomic E-state index is 13.7. The fourth-order valence-corrected chi connectivity index (χ4v) is 1.46. The maximum Gasteiger partial charge on any atom is 0.338 e. The van der Waals surface area contributed by atoms with Crippen molar-refractivity contribution < 1.29 is 14.3 Å². The van der Waals surface area contributed by atoms with Gasteiger partial charge in [0, 0.05) is 12.4 Å². The Labute approximate surface area is 97.7 Å². The summed E-state index contributed by atoms with van der Waals surface area (Å²) in [5.74, 6) is -2.40. The van der Waals surface area contributed by atoms with Crippen LogP contribution in [0.5, 0.6) is 0 Å². The summed E-state index contributed by atoms with van der Waals surface area (Å²) < 4.78 is 15.5. The SMILES string of the molecule is O=C(O)c1ccnc(-n2cc(Br)cn2)c1F. The van der Waals surface area contributed by atoms with E-state index in [0.717, 1.165) is 10.7 Å². The average Bonchev–Trinajstić information content (AvgIpc) is 2.64. The van der Waals surface area contributed by atoms with Gasteiger partial charge < -0.3 is 5.11 Å². The third-order valence-electron chi connectivity index (χ3n) is 1.87. The van der Waals surface area contributed by atoms with Crippen LogP contribution in [0.3, 0.4) is 0 Å². The lowest BCUT2D eigenvalue weighted by Crippen LogP contribution is -2.08. The number of carboxylic acids is 1. The highest BCUT2D eigenvalue weighted by Crippen LogP contribution is 2.16. The highest BCUT2D eigenvalue weighted by Gasteiger charge is 2.16. The molecule has 0 spiro atoms. The fraction of sp³-hybridized carbons (Fsp3) is 0. The van der Waals surface area contributed by atoms with Gasteiger partial charge in [0.05, 0.1) is 10.7 Å². The van der Waals surface area contributed by atoms with Crippen molar-refractivity contribution in [3.05, 3.63) is 40.5 Å². The van der Waals surface area contributed by atoms with Gasteiger partial charge in [0.2, 0.25) is 0 Å². The molecule has 16 heavy (non-hydrogen) atoms. The molecule has 0 aromatic carbocycles. The molecular weight excluding hydrogens is 281 g/mol. The molecule has 1 N–H and O–H groups in total. The summed E-state index contributed by atoms with van der Waals surface area (Å²) in [5.41, 5.74) is -0.434. The molecule has 82 valence electrons. The van der Waals surface area contributed by atoms with Gasteiger partial charge in [-0.1, -0.05) is 0 Å². The quantitative estimate of drug-likeness (QED) is 0.915. The van der Waals surface area contributed by atoms with Gasteiger partial charge in [-0.3, -0.25) is 0 Å². The lowest BCUT2D eigenvalue weighted by molar-refractivity contribution is 0.0691. The van der Waals surface area contributed by atoms with Gasteiger partial charge in [-0.25, -0.2) is 18.9 Å². The number of nitrogens with zero attached hydrogens (tertiary/aromatic N) is 3. The van der Waals surface area contributed by atoms with E-state index in [0.29, 0.717) is 4.47 Å². The first-order valence-electron chi connectivity index (χ1n) is 4.18. The van der Waals surface area contributed by atoms with Crippen LogP contribution >= 0.6 is 15.9 Å². The molecule has 0 aliphatic carbocycles. The molecule has 0 fully saturated rings. The number of aromatic carboxylic acids is 1. The Morgan fingerprint density at radius 3 is 2.88 bits per heavy atom. The van der Waals surface area contributed by atoms with Crippen molar-refractivity contribution in [3.63, 3.8) is 0 Å². The van der Waals surface area contributed by atoms with Crippen LogP contribution in [0.4, 0.5) is 4.39 Å². The predicted octanol–water partition coefficient (Wildman–Crippen LogP) is 1.87. The second-order valence-corrected chi connectivity index (χ2v) is 3.82. The van der Waals surface area contributed by atoms with Crippen molar-refractivity contribution >= 4 is 21.9 Å². The average molecular weight is 286 g/mol. The van der Waals surface area contributed by atoms with Crippen molar-refractivity contribution in [2.75, 3.05) is 0 Å². The Bertz CT molecular complexity index is 555. The molecule has 0 bridgehead atoms. The number of carboxylic acid groups (broad SMARTS) is 1. The van der Waals surface area contributed by atoms with Crippen LogP contribution in [0.1, 0.15) is 10.4 Å². The first kappa shape index (κ1) is 10.7. The van der Waals surface area contributed by atoms with Crippen molar-refractivity contribution in [1.82, 2.24) is 14.8 Å². The highest BCUT2D eigenvalue weighted by molar-refractivity contribution is 9.10. The van der Waals surface area contributed by atoms with E-state index in [4.69, 9.17) is 5.11 Å². The van der Waals surface area contributed by atoms with Crippen LogP contribution in [0.2, 0.25) is 0 Å². The number of carbonyl (C=O) groups is 1. The van der Waals surface area contributed by atoms with Crippen LogP contribution < -0.4 is 0 Å². The van der Waals surface area contributed by atoms with Crippen LogP contribution in [0.25, 0.3) is 5.82 Å². The molecule has 2 aromatic heterocycles. The molecule has 2 rings (SSSR count). The largest absolute Gasteiger partial charge is 0.478 e. The van der Waals surface area contributed by atoms with Gasteiger partial charge in [-0.2, -0.15) is 5.10 Å². The van der Waals surface area contributed by atoms with Gasteiger partial charge in [0.25, 0.3) is 0 Å². The Kier molecular flexibility index (Phi) is 2.69. The Hall–Kier alpha value is -1.76. The lowest BCUT2D eigenvalue weighted by atomic mass is 10.2. The van der Waals surface area contributed by atoms with E-state index in [1.807, 2.05) is 0 Å². The van der Waals surface area contributed by atoms with E-state index in [1.54, 1.807) is 0 Å². The minimum atomic E-state index is -1.34. The molecule has 2 aromatic rings. The van der Waals surface area contributed by atoms with Gasteiger partial charge in [-0.05, 0) is 22.0 Å². The predicted molar refractivity (Wildman–Crippen MR) is 56.0 cm³/mol. The van der Waals surface area contributed by atoms with E-state index in [9.17, 15) is 9.18 Å². The van der Waals surface area contributed by atoms with Gasteiger partial charge in [-0.15, -0.1) is 0 Å². The normalized spacial score (nSPS) is 10.4. The third kappa shape index (κ3) is 1.81. The number of halogens is 2. The molecule has 0 atom stereocenters. The molecule has 0 aliphatic rings. The number of aromatic nitrogens is 3. The molecule has 7 heteroatoms. The standard InChI is InChI=1S/C9H5BrFN3O2/c10-5-3-13-14(4-5)8-7(11)6(9(15)16)1-2-12-8/h1-4H,(H,15,16). The molecule has 0 saturated heterocycles. The third-order valence-corrected chi connectivity index (χ3v) is 2.28. The zero-order valence-corrected chi connectivity index (χ0v) is 9.35. The van der Waals surface area contributed by atoms with Gasteiger partial charge >= 0.3 is 5.97 Å². The van der Waals surface area contributed by atoms with Crippen LogP contribution in [-0.4, -0.2) is 25.8 Å². The van der Waals surface area contributed by atoms with Crippen molar-refractivity contribution in [3.8, 4) is 5.82 Å². The Morgan fingerprint density at radius 1 is 1.56 bits per heavy atom. The smallest absolute Gasteiger partial charge is 0.338 e. The molecule has 0 radical (unpaired) electrons.